The number of nitrogens with one attached hydrogen (secondary N) is 3. The van der Waals surface area contributed by atoms with Gasteiger partial charge in [0.25, 0.3) is 0 Å². The molecule has 0 spiro atoms. The van der Waals surface area contributed by atoms with Crippen LogP contribution in [0.4, 0.5) is 5.69 Å². The third-order valence-corrected chi connectivity index (χ3v) is 4.49. The molecular formula is C21H25N5O. The van der Waals surface area contributed by atoms with Gasteiger partial charge in [-0.2, -0.15) is 0 Å². The van der Waals surface area contributed by atoms with Crippen LogP contribution in [0.5, 0.6) is 0 Å². The van der Waals surface area contributed by atoms with Crippen molar-refractivity contribution >= 4 is 23.6 Å². The Morgan fingerprint density at radius 3 is 2.85 bits per heavy atom. The maximum absolute atomic E-state index is 7.47. The summed E-state index contributed by atoms with van der Waals surface area (Å²) >= 11 is 0. The zero-order valence-electron chi connectivity index (χ0n) is 15.2. The van der Waals surface area contributed by atoms with Crippen LogP contribution in [0.15, 0.2) is 55.1 Å². The van der Waals surface area contributed by atoms with E-state index in [2.05, 4.69) is 39.9 Å². The molecule has 0 amide bonds. The van der Waals surface area contributed by atoms with Crippen molar-refractivity contribution in [3.8, 4) is 0 Å². The second-order valence-corrected chi connectivity index (χ2v) is 6.35. The lowest BCUT2D eigenvalue weighted by Gasteiger charge is -2.11. The first-order valence-electron chi connectivity index (χ1n) is 9.00. The van der Waals surface area contributed by atoms with E-state index in [0.717, 1.165) is 43.0 Å². The molecule has 5 N–H and O–H groups in total. The van der Waals surface area contributed by atoms with Crippen molar-refractivity contribution < 1.29 is 4.74 Å². The maximum atomic E-state index is 7.47. The summed E-state index contributed by atoms with van der Waals surface area (Å²) in [7, 11) is 0. The van der Waals surface area contributed by atoms with Gasteiger partial charge >= 0.3 is 0 Å². The maximum Gasteiger partial charge on any atom is 0.0620 e. The summed E-state index contributed by atoms with van der Waals surface area (Å²) in [5.74, 6) is 0. The van der Waals surface area contributed by atoms with Crippen LogP contribution in [0.25, 0.3) is 11.6 Å². The van der Waals surface area contributed by atoms with Crippen LogP contribution in [-0.4, -0.2) is 30.5 Å². The highest BCUT2D eigenvalue weighted by Gasteiger charge is 2.14. The highest BCUT2D eigenvalue weighted by atomic mass is 16.5. The van der Waals surface area contributed by atoms with Crippen molar-refractivity contribution in [2.45, 2.75) is 19.0 Å². The van der Waals surface area contributed by atoms with Gasteiger partial charge in [-0.05, 0) is 41.8 Å². The molecule has 6 nitrogen and oxygen atoms in total. The van der Waals surface area contributed by atoms with E-state index in [-0.39, 0.29) is 0 Å². The van der Waals surface area contributed by atoms with E-state index < -0.39 is 0 Å². The molecule has 2 aromatic rings. The number of rotatable bonds is 8. The Labute approximate surface area is 159 Å². The molecule has 0 radical (unpaired) electrons. The van der Waals surface area contributed by atoms with Crippen molar-refractivity contribution in [1.29, 1.82) is 5.41 Å². The second-order valence-electron chi connectivity index (χ2n) is 6.35. The minimum Gasteiger partial charge on any atom is -0.404 e. The van der Waals surface area contributed by atoms with Crippen LogP contribution in [-0.2, 0) is 11.3 Å². The zero-order valence-corrected chi connectivity index (χ0v) is 15.2. The topological polar surface area (TPSA) is 96.1 Å². The fourth-order valence-electron chi connectivity index (χ4n) is 2.92. The molecule has 1 fully saturated rings. The number of hydrogen-bond acceptors (Lipinski definition) is 6. The quantitative estimate of drug-likeness (QED) is 0.541. The van der Waals surface area contributed by atoms with Gasteiger partial charge < -0.3 is 26.5 Å². The van der Waals surface area contributed by atoms with Gasteiger partial charge in [0.15, 0.2) is 0 Å². The summed E-state index contributed by atoms with van der Waals surface area (Å²) in [4.78, 5) is 4.15. The Kier molecular flexibility index (Phi) is 6.73. The number of benzene rings is 1. The first-order valence-corrected chi connectivity index (χ1v) is 9.00. The summed E-state index contributed by atoms with van der Waals surface area (Å²) in [6.07, 6.45) is 11.0. The molecule has 140 valence electrons. The summed E-state index contributed by atoms with van der Waals surface area (Å²) in [6, 6.07) is 10.6. The summed E-state index contributed by atoms with van der Waals surface area (Å²) in [6.45, 7) is 2.51. The SMILES string of the molecule is N=CC(=CN)c1ccncc1/C=C/Nc1ccc(CNC2CCOC2)cc1. The summed E-state index contributed by atoms with van der Waals surface area (Å²) < 4.78 is 5.38. The fourth-order valence-corrected chi connectivity index (χ4v) is 2.92. The Morgan fingerprint density at radius 2 is 2.15 bits per heavy atom. The molecule has 1 saturated heterocycles. The minimum atomic E-state index is 0.466. The van der Waals surface area contributed by atoms with E-state index in [4.69, 9.17) is 15.9 Å². The normalized spacial score (nSPS) is 17.3. The molecule has 1 atom stereocenters. The Hall–Kier alpha value is -2.96. The third-order valence-electron chi connectivity index (χ3n) is 4.49. The smallest absolute Gasteiger partial charge is 0.0620 e. The lowest BCUT2D eigenvalue weighted by atomic mass is 10.0. The Balaban J connectivity index is 1.57. The molecule has 27 heavy (non-hydrogen) atoms. The van der Waals surface area contributed by atoms with Gasteiger partial charge in [0.1, 0.15) is 0 Å². The average molecular weight is 363 g/mol. The van der Waals surface area contributed by atoms with Crippen LogP contribution in [0.1, 0.15) is 23.1 Å². The standard InChI is InChI=1S/C21H25N5O/c22-11-18(12-23)21-6-8-24-14-17(21)5-9-25-19-3-1-16(2-4-19)13-26-20-7-10-27-15-20/h1-6,8-9,11-12,14,20,22,25-26H,7,10,13,15,23H2/b9-5+,18-12?,22-11?. The fraction of sp³-hybridized carbons (Fsp3) is 0.238. The van der Waals surface area contributed by atoms with Gasteiger partial charge in [0.2, 0.25) is 0 Å². The number of ether oxygens (including phenoxy) is 1. The van der Waals surface area contributed by atoms with Gasteiger partial charge in [-0.1, -0.05) is 12.1 Å². The van der Waals surface area contributed by atoms with E-state index in [1.54, 1.807) is 12.4 Å². The molecule has 1 unspecified atom stereocenters. The molecule has 6 heteroatoms. The predicted molar refractivity (Wildman–Crippen MR) is 110 cm³/mol. The van der Waals surface area contributed by atoms with Crippen molar-refractivity contribution in [2.24, 2.45) is 5.73 Å². The Morgan fingerprint density at radius 1 is 1.30 bits per heavy atom. The molecule has 1 aromatic carbocycles. The van der Waals surface area contributed by atoms with Gasteiger partial charge in [0.05, 0.1) is 6.61 Å². The van der Waals surface area contributed by atoms with E-state index in [9.17, 15) is 0 Å². The van der Waals surface area contributed by atoms with Gasteiger partial charge in [-0.25, -0.2) is 0 Å². The lowest BCUT2D eigenvalue weighted by molar-refractivity contribution is 0.190. The molecule has 1 aromatic heterocycles. The lowest BCUT2D eigenvalue weighted by Crippen LogP contribution is -2.28. The monoisotopic (exact) mass is 363 g/mol. The van der Waals surface area contributed by atoms with Crippen molar-refractivity contribution in [2.75, 3.05) is 18.5 Å². The molecule has 3 rings (SSSR count). The molecule has 0 saturated carbocycles. The third kappa shape index (κ3) is 5.26. The Bertz CT molecular complexity index is 808. The number of nitrogens with two attached hydrogens (primary N) is 1. The molecular weight excluding hydrogens is 338 g/mol. The van der Waals surface area contributed by atoms with Gasteiger partial charge in [-0.15, -0.1) is 0 Å². The largest absolute Gasteiger partial charge is 0.404 e. The van der Waals surface area contributed by atoms with Gasteiger partial charge in [0, 0.05) is 67.0 Å². The van der Waals surface area contributed by atoms with Crippen LogP contribution in [0.3, 0.4) is 0 Å². The minimum absolute atomic E-state index is 0.466. The molecule has 0 aliphatic carbocycles. The van der Waals surface area contributed by atoms with Crippen molar-refractivity contribution in [3.63, 3.8) is 0 Å². The van der Waals surface area contributed by atoms with Crippen LogP contribution in [0.2, 0.25) is 0 Å². The average Bonchev–Trinajstić information content (AvgIpc) is 3.23. The van der Waals surface area contributed by atoms with E-state index in [0.29, 0.717) is 11.6 Å². The highest BCUT2D eigenvalue weighted by Crippen LogP contribution is 2.18. The number of allylic oxidation sites excluding steroid dienone is 1. The zero-order chi connectivity index (χ0) is 18.9. The van der Waals surface area contributed by atoms with E-state index >= 15 is 0 Å². The van der Waals surface area contributed by atoms with E-state index in [1.807, 2.05) is 18.3 Å². The predicted octanol–water partition coefficient (Wildman–Crippen LogP) is 2.99. The van der Waals surface area contributed by atoms with Gasteiger partial charge in [-0.3, -0.25) is 4.98 Å². The first kappa shape index (κ1) is 18.8. The second kappa shape index (κ2) is 9.66. The molecule has 2 heterocycles. The first-order chi connectivity index (χ1) is 13.3. The molecule has 1 aliphatic rings. The number of pyridine rings is 1. The van der Waals surface area contributed by atoms with Crippen LogP contribution >= 0.6 is 0 Å². The molecule has 1 aliphatic heterocycles. The molecule has 0 bridgehead atoms. The number of nitrogens with zero attached hydrogens (tertiary/aromatic N) is 1. The van der Waals surface area contributed by atoms with Crippen LogP contribution in [0, 0.1) is 5.41 Å². The number of hydrogen-bond donors (Lipinski definition) is 4. The van der Waals surface area contributed by atoms with Crippen molar-refractivity contribution in [3.05, 3.63) is 71.8 Å². The van der Waals surface area contributed by atoms with E-state index in [1.165, 1.54) is 18.0 Å². The van der Waals surface area contributed by atoms with Crippen molar-refractivity contribution in [1.82, 2.24) is 10.3 Å². The summed E-state index contributed by atoms with van der Waals surface area (Å²) in [5, 5.41) is 14.2. The number of anilines is 1. The summed E-state index contributed by atoms with van der Waals surface area (Å²) in [5.41, 5.74) is 10.3. The highest BCUT2D eigenvalue weighted by molar-refractivity contribution is 6.09. The van der Waals surface area contributed by atoms with Crippen LogP contribution < -0.4 is 16.4 Å². The number of aromatic nitrogens is 1.